The summed E-state index contributed by atoms with van der Waals surface area (Å²) in [5.74, 6) is 5.96. The van der Waals surface area contributed by atoms with Crippen LogP contribution in [0.3, 0.4) is 0 Å². The molecule has 5 N–H and O–H groups in total. The maximum atomic E-state index is 5.58. The second-order valence-electron chi connectivity index (χ2n) is 3.44. The van der Waals surface area contributed by atoms with Crippen molar-refractivity contribution in [2.75, 3.05) is 11.2 Å². The summed E-state index contributed by atoms with van der Waals surface area (Å²) in [6.07, 6.45) is 0. The van der Waals surface area contributed by atoms with Gasteiger partial charge in [0.2, 0.25) is 5.95 Å². The first-order valence-electron chi connectivity index (χ1n) is 4.88. The van der Waals surface area contributed by atoms with E-state index in [1.54, 1.807) is 10.7 Å². The van der Waals surface area contributed by atoms with Gasteiger partial charge in [0.15, 0.2) is 0 Å². The highest BCUT2D eigenvalue weighted by atomic mass is 32.2. The monoisotopic (exact) mass is 251 g/mol. The molecule has 0 atom stereocenters. The molecule has 2 aromatic rings. The van der Waals surface area contributed by atoms with Crippen LogP contribution >= 0.6 is 11.8 Å². The second-order valence-corrected chi connectivity index (χ2v) is 4.48. The van der Waals surface area contributed by atoms with E-state index in [1.165, 1.54) is 11.8 Å². The summed E-state index contributed by atoms with van der Waals surface area (Å²) in [7, 11) is 1.88. The van der Waals surface area contributed by atoms with Gasteiger partial charge >= 0.3 is 0 Å². The molecule has 0 aliphatic heterocycles. The Morgan fingerprint density at radius 2 is 2.12 bits per heavy atom. The number of aryl methyl sites for hydroxylation is 2. The third-order valence-electron chi connectivity index (χ3n) is 2.04. The predicted octanol–water partition coefficient (Wildman–Crippen LogP) is 0.538. The van der Waals surface area contributed by atoms with Gasteiger partial charge in [-0.1, -0.05) is 11.8 Å². The first-order valence-corrected chi connectivity index (χ1v) is 5.70. The Bertz CT molecular complexity index is 536. The molecule has 0 saturated heterocycles. The van der Waals surface area contributed by atoms with Gasteiger partial charge in [-0.15, -0.1) is 0 Å². The Kier molecular flexibility index (Phi) is 3.16. The Morgan fingerprint density at radius 1 is 1.35 bits per heavy atom. The van der Waals surface area contributed by atoms with Crippen molar-refractivity contribution in [2.45, 2.75) is 17.0 Å². The van der Waals surface area contributed by atoms with Crippen molar-refractivity contribution < 1.29 is 0 Å². The molecule has 0 spiro atoms. The van der Waals surface area contributed by atoms with Crippen molar-refractivity contribution in [1.29, 1.82) is 0 Å². The van der Waals surface area contributed by atoms with Crippen LogP contribution in [-0.2, 0) is 7.05 Å². The van der Waals surface area contributed by atoms with Gasteiger partial charge in [0, 0.05) is 13.1 Å². The van der Waals surface area contributed by atoms with Gasteiger partial charge in [0.25, 0.3) is 0 Å². The summed E-state index contributed by atoms with van der Waals surface area (Å²) in [5, 5.41) is 5.94. The normalized spacial score (nSPS) is 10.5. The third-order valence-corrected chi connectivity index (χ3v) is 3.05. The molecule has 0 bridgehead atoms. The van der Waals surface area contributed by atoms with Gasteiger partial charge in [-0.3, -0.25) is 4.68 Å². The molecule has 2 rings (SSSR count). The smallest absolute Gasteiger partial charge is 0.223 e. The van der Waals surface area contributed by atoms with E-state index in [4.69, 9.17) is 11.6 Å². The quantitative estimate of drug-likeness (QED) is 0.415. The lowest BCUT2D eigenvalue weighted by Gasteiger charge is -2.04. The lowest BCUT2D eigenvalue weighted by atomic mass is 10.5. The highest BCUT2D eigenvalue weighted by molar-refractivity contribution is 7.99. The van der Waals surface area contributed by atoms with Crippen molar-refractivity contribution in [3.8, 4) is 0 Å². The van der Waals surface area contributed by atoms with E-state index in [1.807, 2.05) is 20.0 Å². The fourth-order valence-corrected chi connectivity index (χ4v) is 2.28. The lowest BCUT2D eigenvalue weighted by molar-refractivity contribution is 0.692. The van der Waals surface area contributed by atoms with Crippen LogP contribution in [0.2, 0.25) is 0 Å². The molecule has 0 saturated carbocycles. The topological polar surface area (TPSA) is 108 Å². The summed E-state index contributed by atoms with van der Waals surface area (Å²) < 4.78 is 1.79. The van der Waals surface area contributed by atoms with Gasteiger partial charge in [0.1, 0.15) is 15.9 Å². The molecule has 2 heterocycles. The van der Waals surface area contributed by atoms with Crippen LogP contribution in [0.1, 0.15) is 5.69 Å². The molecule has 17 heavy (non-hydrogen) atoms. The van der Waals surface area contributed by atoms with Crippen molar-refractivity contribution in [3.05, 3.63) is 17.8 Å². The van der Waals surface area contributed by atoms with Gasteiger partial charge in [0.05, 0.1) is 5.69 Å². The minimum atomic E-state index is 0.182. The minimum Gasteiger partial charge on any atom is -0.368 e. The molecule has 0 aliphatic carbocycles. The second kappa shape index (κ2) is 4.60. The maximum absolute atomic E-state index is 5.58. The number of rotatable bonds is 3. The predicted molar refractivity (Wildman–Crippen MR) is 66.3 cm³/mol. The zero-order valence-corrected chi connectivity index (χ0v) is 10.3. The SMILES string of the molecule is Cc1cc(Sc2cc(NN)nc(N)n2)n(C)n1. The van der Waals surface area contributed by atoms with Crippen LogP contribution in [0.4, 0.5) is 11.8 Å². The van der Waals surface area contributed by atoms with Crippen molar-refractivity contribution in [1.82, 2.24) is 19.7 Å². The van der Waals surface area contributed by atoms with Crippen LogP contribution in [0, 0.1) is 6.92 Å². The molecule has 0 unspecified atom stereocenters. The first kappa shape index (κ1) is 11.7. The summed E-state index contributed by atoms with van der Waals surface area (Å²) in [4.78, 5) is 8.04. The number of anilines is 2. The number of hydrazine groups is 1. The van der Waals surface area contributed by atoms with Crippen LogP contribution in [0.5, 0.6) is 0 Å². The number of nitrogens with zero attached hydrogens (tertiary/aromatic N) is 4. The Labute approximate surface area is 103 Å². The van der Waals surface area contributed by atoms with Crippen molar-refractivity contribution >= 4 is 23.5 Å². The average molecular weight is 251 g/mol. The zero-order valence-electron chi connectivity index (χ0n) is 9.51. The Balaban J connectivity index is 2.29. The molecule has 0 aromatic carbocycles. The fourth-order valence-electron chi connectivity index (χ4n) is 1.36. The number of nitrogen functional groups attached to an aromatic ring is 2. The molecule has 0 aliphatic rings. The summed E-state index contributed by atoms with van der Waals surface area (Å²) in [5.41, 5.74) is 8.98. The van der Waals surface area contributed by atoms with Gasteiger partial charge in [-0.05, 0) is 13.0 Å². The van der Waals surface area contributed by atoms with Gasteiger partial charge < -0.3 is 11.2 Å². The van der Waals surface area contributed by atoms with E-state index in [-0.39, 0.29) is 5.95 Å². The van der Waals surface area contributed by atoms with Crippen LogP contribution < -0.4 is 17.0 Å². The van der Waals surface area contributed by atoms with Crippen LogP contribution in [0.15, 0.2) is 22.2 Å². The number of aromatic nitrogens is 4. The number of nitrogens with two attached hydrogens (primary N) is 2. The zero-order chi connectivity index (χ0) is 12.4. The van der Waals surface area contributed by atoms with Gasteiger partial charge in [-0.25, -0.2) is 10.8 Å². The number of hydrogen-bond donors (Lipinski definition) is 3. The fraction of sp³-hybridized carbons (Fsp3) is 0.222. The largest absolute Gasteiger partial charge is 0.368 e. The van der Waals surface area contributed by atoms with Crippen LogP contribution in [0.25, 0.3) is 0 Å². The van der Waals surface area contributed by atoms with Gasteiger partial charge in [-0.2, -0.15) is 10.1 Å². The van der Waals surface area contributed by atoms with E-state index in [0.29, 0.717) is 10.8 Å². The summed E-state index contributed by atoms with van der Waals surface area (Å²) in [6.45, 7) is 1.94. The molecule has 2 aromatic heterocycles. The summed E-state index contributed by atoms with van der Waals surface area (Å²) >= 11 is 1.45. The van der Waals surface area contributed by atoms with E-state index in [9.17, 15) is 0 Å². The van der Waals surface area contributed by atoms with E-state index < -0.39 is 0 Å². The Hall–Kier alpha value is -1.80. The van der Waals surface area contributed by atoms with Crippen molar-refractivity contribution in [2.24, 2.45) is 12.9 Å². The highest BCUT2D eigenvalue weighted by Crippen LogP contribution is 2.27. The molecule has 90 valence electrons. The summed E-state index contributed by atoms with van der Waals surface area (Å²) in [6, 6.07) is 3.70. The van der Waals surface area contributed by atoms with E-state index >= 15 is 0 Å². The molecular formula is C9H13N7S. The minimum absolute atomic E-state index is 0.182. The van der Waals surface area contributed by atoms with E-state index in [2.05, 4.69) is 20.5 Å². The molecule has 8 heteroatoms. The average Bonchev–Trinajstić information content (AvgIpc) is 2.56. The standard InChI is InChI=1S/C9H13N7S/c1-5-3-8(16(2)15-5)17-7-4-6(14-11)12-9(10)13-7/h3-4H,11H2,1-2H3,(H3,10,12,13,14). The maximum Gasteiger partial charge on any atom is 0.223 e. The van der Waals surface area contributed by atoms with Crippen molar-refractivity contribution in [3.63, 3.8) is 0 Å². The molecular weight excluding hydrogens is 238 g/mol. The molecule has 0 amide bonds. The lowest BCUT2D eigenvalue weighted by Crippen LogP contribution is -2.10. The number of hydrogen-bond acceptors (Lipinski definition) is 7. The molecule has 7 nitrogen and oxygen atoms in total. The number of nitrogens with one attached hydrogen (secondary N) is 1. The van der Waals surface area contributed by atoms with Crippen LogP contribution in [-0.4, -0.2) is 19.7 Å². The molecule has 0 radical (unpaired) electrons. The van der Waals surface area contributed by atoms with E-state index in [0.717, 1.165) is 10.7 Å². The highest BCUT2D eigenvalue weighted by Gasteiger charge is 2.07. The Morgan fingerprint density at radius 3 is 2.71 bits per heavy atom. The third kappa shape index (κ3) is 2.66. The molecule has 0 fully saturated rings. The first-order chi connectivity index (χ1) is 8.08.